The maximum absolute atomic E-state index is 13.4. The largest absolute Gasteiger partial charge is 0.445 e. The second kappa shape index (κ2) is 11.2. The number of nitrogens with zero attached hydrogens (tertiary/aromatic N) is 2. The Kier molecular flexibility index (Phi) is 7.61. The van der Waals surface area contributed by atoms with Gasteiger partial charge in [-0.05, 0) is 34.4 Å². The summed E-state index contributed by atoms with van der Waals surface area (Å²) in [7, 11) is 0. The molecule has 0 fully saturated rings. The Morgan fingerprint density at radius 3 is 2.42 bits per heavy atom. The second-order valence-electron chi connectivity index (χ2n) is 8.64. The molecule has 182 valence electrons. The maximum Gasteiger partial charge on any atom is 0.411 e. The Balaban J connectivity index is 1.52. The number of nitrogens with two attached hydrogens (primary N) is 1. The number of ether oxygens (including phenoxy) is 1. The minimum atomic E-state index is -1.01. The highest BCUT2D eigenvalue weighted by Crippen LogP contribution is 2.25. The van der Waals surface area contributed by atoms with Gasteiger partial charge in [0.2, 0.25) is 11.8 Å². The van der Waals surface area contributed by atoms with Gasteiger partial charge in [-0.3, -0.25) is 14.5 Å². The van der Waals surface area contributed by atoms with Crippen molar-refractivity contribution in [3.63, 3.8) is 0 Å². The van der Waals surface area contributed by atoms with Crippen LogP contribution in [0.5, 0.6) is 0 Å². The molecule has 3 aromatic rings. The molecule has 4 rings (SSSR count). The van der Waals surface area contributed by atoms with E-state index in [1.807, 2.05) is 54.6 Å². The Bertz CT molecular complexity index is 1300. The first-order valence-electron chi connectivity index (χ1n) is 11.6. The number of nitriles is 1. The second-order valence-corrected chi connectivity index (χ2v) is 8.64. The molecule has 0 saturated heterocycles. The fourth-order valence-corrected chi connectivity index (χ4v) is 4.25. The Morgan fingerprint density at radius 2 is 1.69 bits per heavy atom. The third kappa shape index (κ3) is 5.88. The number of hydrogen-bond donors (Lipinski definition) is 2. The summed E-state index contributed by atoms with van der Waals surface area (Å²) in [4.78, 5) is 40.1. The van der Waals surface area contributed by atoms with Gasteiger partial charge in [0.05, 0.1) is 18.2 Å². The molecule has 0 aliphatic carbocycles. The van der Waals surface area contributed by atoms with Crippen molar-refractivity contribution in [1.82, 2.24) is 10.2 Å². The van der Waals surface area contributed by atoms with Crippen LogP contribution in [0.15, 0.2) is 78.9 Å². The average molecular weight is 483 g/mol. The lowest BCUT2D eigenvalue weighted by Crippen LogP contribution is -2.56. The average Bonchev–Trinajstić information content (AvgIpc) is 2.91. The predicted octanol–water partition coefficient (Wildman–Crippen LogP) is 2.83. The van der Waals surface area contributed by atoms with Crippen molar-refractivity contribution < 1.29 is 19.1 Å². The lowest BCUT2D eigenvalue weighted by Gasteiger charge is -2.35. The van der Waals surface area contributed by atoms with Crippen LogP contribution in [0.1, 0.15) is 27.8 Å². The third-order valence-electron chi connectivity index (χ3n) is 6.15. The molecule has 1 aliphatic rings. The van der Waals surface area contributed by atoms with Crippen molar-refractivity contribution in [1.29, 1.82) is 5.26 Å². The molecule has 0 spiro atoms. The molecule has 0 unspecified atom stereocenters. The Hall–Kier alpha value is -4.64. The number of rotatable bonds is 7. The van der Waals surface area contributed by atoms with Gasteiger partial charge >= 0.3 is 6.09 Å². The van der Waals surface area contributed by atoms with Gasteiger partial charge in [0.15, 0.2) is 0 Å². The van der Waals surface area contributed by atoms with Crippen LogP contribution in [0.4, 0.5) is 4.79 Å². The van der Waals surface area contributed by atoms with Crippen molar-refractivity contribution in [2.24, 2.45) is 5.73 Å². The number of fused-ring (bicyclic) bond motifs is 1. The van der Waals surface area contributed by atoms with Crippen LogP contribution < -0.4 is 11.1 Å². The van der Waals surface area contributed by atoms with Gasteiger partial charge in [0, 0.05) is 12.8 Å². The highest BCUT2D eigenvalue weighted by atomic mass is 16.6. The van der Waals surface area contributed by atoms with E-state index in [0.29, 0.717) is 11.1 Å². The molecule has 3 N–H and O–H groups in total. The first kappa shape index (κ1) is 24.5. The van der Waals surface area contributed by atoms with Crippen LogP contribution >= 0.6 is 0 Å². The summed E-state index contributed by atoms with van der Waals surface area (Å²) in [5.74, 6) is -1.21. The lowest BCUT2D eigenvalue weighted by molar-refractivity contribution is -0.131. The van der Waals surface area contributed by atoms with E-state index in [1.165, 1.54) is 4.90 Å². The number of carbonyl (C=O) groups is 3. The number of carbonyl (C=O) groups excluding carboxylic acids is 3. The van der Waals surface area contributed by atoms with Gasteiger partial charge in [-0.1, -0.05) is 66.7 Å². The molecule has 2 atom stereocenters. The van der Waals surface area contributed by atoms with Crippen LogP contribution in [0.3, 0.4) is 0 Å². The zero-order chi connectivity index (χ0) is 25.5. The van der Waals surface area contributed by atoms with E-state index in [9.17, 15) is 14.4 Å². The minimum Gasteiger partial charge on any atom is -0.445 e. The molecule has 1 aliphatic heterocycles. The van der Waals surface area contributed by atoms with Gasteiger partial charge in [-0.25, -0.2) is 4.79 Å². The number of nitrogens with one attached hydrogen (secondary N) is 1. The van der Waals surface area contributed by atoms with Crippen LogP contribution in [-0.2, 0) is 40.3 Å². The normalized spacial score (nSPS) is 15.2. The first-order chi connectivity index (χ1) is 17.4. The molecule has 0 radical (unpaired) electrons. The molecule has 3 amide bonds. The van der Waals surface area contributed by atoms with E-state index in [2.05, 4.69) is 11.4 Å². The summed E-state index contributed by atoms with van der Waals surface area (Å²) < 4.78 is 5.52. The molecular formula is C28H26N4O4. The molecule has 8 nitrogen and oxygen atoms in total. The summed E-state index contributed by atoms with van der Waals surface area (Å²) in [6, 6.07) is 23.8. The van der Waals surface area contributed by atoms with Crippen LogP contribution in [0.25, 0.3) is 0 Å². The number of benzene rings is 3. The summed E-state index contributed by atoms with van der Waals surface area (Å²) in [5, 5.41) is 11.9. The lowest BCUT2D eigenvalue weighted by atomic mass is 9.93. The summed E-state index contributed by atoms with van der Waals surface area (Å²) in [6.07, 6.45) is -0.221. The van der Waals surface area contributed by atoms with Gasteiger partial charge in [0.1, 0.15) is 18.7 Å². The fourth-order valence-electron chi connectivity index (χ4n) is 4.25. The van der Waals surface area contributed by atoms with Crippen molar-refractivity contribution in [2.45, 2.75) is 38.1 Å². The minimum absolute atomic E-state index is 0.0747. The number of hydrogen-bond acceptors (Lipinski definition) is 5. The summed E-state index contributed by atoms with van der Waals surface area (Å²) >= 11 is 0. The van der Waals surface area contributed by atoms with Gasteiger partial charge in [-0.2, -0.15) is 5.26 Å². The van der Waals surface area contributed by atoms with Crippen LogP contribution in [0, 0.1) is 11.3 Å². The summed E-state index contributed by atoms with van der Waals surface area (Å²) in [6.45, 7) is 0.276. The van der Waals surface area contributed by atoms with Crippen molar-refractivity contribution in [3.8, 4) is 6.07 Å². The molecule has 3 aromatic carbocycles. The number of amides is 3. The zero-order valence-electron chi connectivity index (χ0n) is 19.6. The first-order valence-corrected chi connectivity index (χ1v) is 11.6. The number of primary amides is 1. The van der Waals surface area contributed by atoms with Crippen LogP contribution in [0.2, 0.25) is 0 Å². The van der Waals surface area contributed by atoms with Crippen molar-refractivity contribution in [2.75, 3.05) is 0 Å². The predicted molar refractivity (Wildman–Crippen MR) is 132 cm³/mol. The highest BCUT2D eigenvalue weighted by molar-refractivity contribution is 5.91. The summed E-state index contributed by atoms with van der Waals surface area (Å²) in [5.41, 5.74) is 9.43. The van der Waals surface area contributed by atoms with E-state index < -0.39 is 30.0 Å². The fraction of sp³-hybridized carbons (Fsp3) is 0.214. The molecule has 0 bridgehead atoms. The maximum atomic E-state index is 13.4. The van der Waals surface area contributed by atoms with Crippen LogP contribution in [-0.4, -0.2) is 34.9 Å². The van der Waals surface area contributed by atoms with Crippen molar-refractivity contribution in [3.05, 3.63) is 107 Å². The molecule has 1 heterocycles. The Morgan fingerprint density at radius 1 is 1.00 bits per heavy atom. The molecular weight excluding hydrogens is 456 g/mol. The Labute approximate surface area is 209 Å². The SMILES string of the molecule is N#Cc1cccc(C[C@H](NC(=O)[C@@H]2Cc3ccccc3CN2C(=O)OCc2ccccc2)C(N)=O)c1. The van der Waals surface area contributed by atoms with E-state index in [-0.39, 0.29) is 26.0 Å². The molecule has 0 aromatic heterocycles. The quantitative estimate of drug-likeness (QED) is 0.536. The van der Waals surface area contributed by atoms with Gasteiger partial charge in [-0.15, -0.1) is 0 Å². The third-order valence-corrected chi connectivity index (χ3v) is 6.15. The molecule has 0 saturated carbocycles. The van der Waals surface area contributed by atoms with Gasteiger partial charge in [0.25, 0.3) is 0 Å². The molecule has 36 heavy (non-hydrogen) atoms. The van der Waals surface area contributed by atoms with E-state index in [4.69, 9.17) is 15.7 Å². The van der Waals surface area contributed by atoms with E-state index in [0.717, 1.165) is 16.7 Å². The molecule has 8 heteroatoms. The van der Waals surface area contributed by atoms with E-state index >= 15 is 0 Å². The zero-order valence-corrected chi connectivity index (χ0v) is 19.6. The van der Waals surface area contributed by atoms with E-state index in [1.54, 1.807) is 24.3 Å². The smallest absolute Gasteiger partial charge is 0.411 e. The highest BCUT2D eigenvalue weighted by Gasteiger charge is 2.37. The monoisotopic (exact) mass is 482 g/mol. The van der Waals surface area contributed by atoms with Crippen molar-refractivity contribution >= 4 is 17.9 Å². The standard InChI is InChI=1S/C28H26N4O4/c29-16-21-10-6-9-20(13-21)14-24(26(30)33)31-27(34)25-15-22-11-4-5-12-23(22)17-32(25)28(35)36-18-19-7-2-1-3-8-19/h1-13,24-25H,14-15,17-18H2,(H2,30,33)(H,31,34)/t24-,25-/m0/s1. The van der Waals surface area contributed by atoms with Gasteiger partial charge < -0.3 is 15.8 Å². The topological polar surface area (TPSA) is 126 Å².